The highest BCUT2D eigenvalue weighted by molar-refractivity contribution is 8.18. The van der Waals surface area contributed by atoms with E-state index in [0.29, 0.717) is 18.4 Å². The number of hydrogen-bond donors (Lipinski definition) is 2. The van der Waals surface area contributed by atoms with Crippen LogP contribution in [0.1, 0.15) is 24.0 Å². The monoisotopic (exact) mass is 451 g/mol. The third kappa shape index (κ3) is 5.08. The number of para-hydroxylation sites is 1. The highest BCUT2D eigenvalue weighted by Gasteiger charge is 2.34. The van der Waals surface area contributed by atoms with Crippen LogP contribution in [0.2, 0.25) is 0 Å². The summed E-state index contributed by atoms with van der Waals surface area (Å²) in [5, 5.41) is 3.57. The molecule has 2 aromatic carbocycles. The number of aromatic amines is 1. The van der Waals surface area contributed by atoms with E-state index in [1.165, 1.54) is 23.1 Å². The van der Waals surface area contributed by atoms with Gasteiger partial charge in [0.2, 0.25) is 5.91 Å². The molecule has 3 amide bonds. The van der Waals surface area contributed by atoms with Gasteiger partial charge in [-0.3, -0.25) is 19.3 Å². The van der Waals surface area contributed by atoms with E-state index in [2.05, 4.69) is 16.4 Å². The Morgan fingerprint density at radius 1 is 1.12 bits per heavy atom. The minimum atomic E-state index is -0.405. The quantitative estimate of drug-likeness (QED) is 0.495. The maximum Gasteiger partial charge on any atom is 0.293 e. The highest BCUT2D eigenvalue weighted by Crippen LogP contribution is 2.31. The van der Waals surface area contributed by atoms with Crippen LogP contribution in [-0.4, -0.2) is 40.0 Å². The third-order valence-electron chi connectivity index (χ3n) is 5.22. The molecule has 1 aliphatic rings. The van der Waals surface area contributed by atoms with Crippen LogP contribution in [0.4, 0.5) is 9.18 Å². The molecule has 1 aliphatic heterocycles. The van der Waals surface area contributed by atoms with Crippen LogP contribution >= 0.6 is 11.8 Å². The van der Waals surface area contributed by atoms with Gasteiger partial charge < -0.3 is 10.3 Å². The molecular formula is C24H22FN3O3S. The maximum atomic E-state index is 13.0. The van der Waals surface area contributed by atoms with E-state index >= 15 is 0 Å². The zero-order valence-electron chi connectivity index (χ0n) is 17.3. The Hall–Kier alpha value is -3.39. The number of amides is 3. The van der Waals surface area contributed by atoms with Crippen molar-refractivity contribution in [3.8, 4) is 0 Å². The van der Waals surface area contributed by atoms with Crippen molar-refractivity contribution in [2.75, 3.05) is 13.1 Å². The molecule has 8 heteroatoms. The van der Waals surface area contributed by atoms with E-state index in [1.54, 1.807) is 18.2 Å². The number of fused-ring (bicyclic) bond motifs is 1. The molecule has 164 valence electrons. The normalized spacial score (nSPS) is 15.2. The van der Waals surface area contributed by atoms with E-state index in [9.17, 15) is 18.8 Å². The number of carbonyl (C=O) groups excluding carboxylic acids is 3. The van der Waals surface area contributed by atoms with Crippen molar-refractivity contribution in [1.82, 2.24) is 15.2 Å². The number of halogens is 1. The Bertz CT molecular complexity index is 1190. The summed E-state index contributed by atoms with van der Waals surface area (Å²) in [5.74, 6) is -0.885. The first-order valence-electron chi connectivity index (χ1n) is 10.3. The summed E-state index contributed by atoms with van der Waals surface area (Å²) in [6.45, 7) is 0.313. The van der Waals surface area contributed by atoms with E-state index in [0.717, 1.165) is 28.6 Å². The third-order valence-corrected chi connectivity index (χ3v) is 6.13. The number of nitrogens with zero attached hydrogens (tertiary/aromatic N) is 1. The van der Waals surface area contributed by atoms with Gasteiger partial charge in [-0.2, -0.15) is 0 Å². The van der Waals surface area contributed by atoms with Crippen molar-refractivity contribution in [3.05, 3.63) is 76.6 Å². The van der Waals surface area contributed by atoms with Gasteiger partial charge in [0, 0.05) is 36.6 Å². The summed E-state index contributed by atoms with van der Waals surface area (Å²) in [6, 6.07) is 13.7. The fourth-order valence-corrected chi connectivity index (χ4v) is 4.44. The maximum absolute atomic E-state index is 13.0. The van der Waals surface area contributed by atoms with Gasteiger partial charge in [0.25, 0.3) is 11.1 Å². The minimum absolute atomic E-state index is 0.111. The summed E-state index contributed by atoms with van der Waals surface area (Å²) in [7, 11) is 0. The Labute approximate surface area is 188 Å². The molecule has 0 aliphatic carbocycles. The van der Waals surface area contributed by atoms with Gasteiger partial charge in [-0.05, 0) is 60.0 Å². The molecule has 0 unspecified atom stereocenters. The van der Waals surface area contributed by atoms with Gasteiger partial charge in [-0.1, -0.05) is 30.3 Å². The van der Waals surface area contributed by atoms with Crippen molar-refractivity contribution in [3.63, 3.8) is 0 Å². The number of imide groups is 1. The van der Waals surface area contributed by atoms with Gasteiger partial charge in [0.15, 0.2) is 0 Å². The van der Waals surface area contributed by atoms with Crippen LogP contribution < -0.4 is 5.32 Å². The molecule has 0 saturated carbocycles. The van der Waals surface area contributed by atoms with Crippen molar-refractivity contribution in [2.24, 2.45) is 0 Å². The fraction of sp³-hybridized carbons (Fsp3) is 0.208. The molecule has 3 aromatic rings. The number of thioether (sulfide) groups is 1. The minimum Gasteiger partial charge on any atom is -0.361 e. The van der Waals surface area contributed by atoms with Crippen molar-refractivity contribution >= 4 is 45.8 Å². The lowest BCUT2D eigenvalue weighted by Gasteiger charge is -2.13. The second kappa shape index (κ2) is 9.82. The largest absolute Gasteiger partial charge is 0.361 e. The summed E-state index contributed by atoms with van der Waals surface area (Å²) in [5.41, 5.74) is 2.90. The molecule has 32 heavy (non-hydrogen) atoms. The Kier molecular flexibility index (Phi) is 6.70. The predicted octanol–water partition coefficient (Wildman–Crippen LogP) is 4.48. The van der Waals surface area contributed by atoms with Crippen LogP contribution in [0.25, 0.3) is 17.0 Å². The smallest absolute Gasteiger partial charge is 0.293 e. The summed E-state index contributed by atoms with van der Waals surface area (Å²) in [6.07, 6.45) is 5.39. The van der Waals surface area contributed by atoms with Gasteiger partial charge in [0.1, 0.15) is 5.82 Å². The Morgan fingerprint density at radius 2 is 1.91 bits per heavy atom. The van der Waals surface area contributed by atoms with Gasteiger partial charge in [0.05, 0.1) is 4.91 Å². The fourth-order valence-electron chi connectivity index (χ4n) is 3.58. The van der Waals surface area contributed by atoms with Gasteiger partial charge in [-0.15, -0.1) is 0 Å². The Morgan fingerprint density at radius 3 is 2.72 bits per heavy atom. The molecule has 2 heterocycles. The molecule has 1 aromatic heterocycles. The highest BCUT2D eigenvalue weighted by atomic mass is 32.2. The van der Waals surface area contributed by atoms with Crippen LogP contribution in [0, 0.1) is 5.82 Å². The first kappa shape index (κ1) is 21.8. The molecule has 0 bridgehead atoms. The van der Waals surface area contributed by atoms with E-state index in [1.807, 2.05) is 24.4 Å². The van der Waals surface area contributed by atoms with Crippen LogP contribution in [-0.2, 0) is 16.0 Å². The van der Waals surface area contributed by atoms with Crippen molar-refractivity contribution in [1.29, 1.82) is 0 Å². The molecule has 1 saturated heterocycles. The zero-order valence-corrected chi connectivity index (χ0v) is 18.1. The average molecular weight is 452 g/mol. The molecule has 2 N–H and O–H groups in total. The molecule has 1 fully saturated rings. The van der Waals surface area contributed by atoms with Crippen molar-refractivity contribution in [2.45, 2.75) is 19.3 Å². The van der Waals surface area contributed by atoms with Crippen LogP contribution in [0.15, 0.2) is 59.6 Å². The number of aromatic nitrogens is 1. The number of benzene rings is 2. The summed E-state index contributed by atoms with van der Waals surface area (Å²) < 4.78 is 13.0. The predicted molar refractivity (Wildman–Crippen MR) is 123 cm³/mol. The average Bonchev–Trinajstić information content (AvgIpc) is 3.31. The molecule has 4 rings (SSSR count). The first-order valence-corrected chi connectivity index (χ1v) is 11.2. The van der Waals surface area contributed by atoms with E-state index < -0.39 is 5.91 Å². The lowest BCUT2D eigenvalue weighted by Crippen LogP contribution is -2.37. The number of hydrogen-bond acceptors (Lipinski definition) is 4. The van der Waals surface area contributed by atoms with Gasteiger partial charge >= 0.3 is 0 Å². The second-order valence-electron chi connectivity index (χ2n) is 7.45. The van der Waals surface area contributed by atoms with Crippen molar-refractivity contribution < 1.29 is 18.8 Å². The first-order chi connectivity index (χ1) is 15.5. The standard InChI is InChI=1S/C24H22FN3O3S/c25-18-10-8-16(9-11-18)14-21-23(30)28(24(31)32-21)13-12-26-22(29)7-3-4-17-15-27-20-6-2-1-5-19(17)20/h1-2,5-6,8-11,14-15,27H,3-4,7,12-13H2,(H,26,29)/b21-14-. The number of aryl methyl sites for hydroxylation is 1. The molecule has 6 nitrogen and oxygen atoms in total. The summed E-state index contributed by atoms with van der Waals surface area (Å²) >= 11 is 0.842. The molecular weight excluding hydrogens is 429 g/mol. The zero-order chi connectivity index (χ0) is 22.5. The number of rotatable bonds is 8. The number of carbonyl (C=O) groups is 3. The Balaban J connectivity index is 1.22. The van der Waals surface area contributed by atoms with E-state index in [4.69, 9.17) is 0 Å². The second-order valence-corrected chi connectivity index (χ2v) is 8.44. The topological polar surface area (TPSA) is 82.3 Å². The van der Waals surface area contributed by atoms with Crippen LogP contribution in [0.3, 0.4) is 0 Å². The molecule has 0 atom stereocenters. The number of nitrogens with one attached hydrogen (secondary N) is 2. The molecule has 0 spiro atoms. The van der Waals surface area contributed by atoms with Crippen LogP contribution in [0.5, 0.6) is 0 Å². The molecule has 0 radical (unpaired) electrons. The van der Waals surface area contributed by atoms with Gasteiger partial charge in [-0.25, -0.2) is 4.39 Å². The lowest BCUT2D eigenvalue weighted by molar-refractivity contribution is -0.124. The SMILES string of the molecule is O=C(CCCc1c[nH]c2ccccc12)NCCN1C(=O)S/C(=C\c2ccc(F)cc2)C1=O. The summed E-state index contributed by atoms with van der Waals surface area (Å²) in [4.78, 5) is 41.5. The number of H-pyrrole nitrogens is 1. The van der Waals surface area contributed by atoms with E-state index in [-0.39, 0.29) is 35.0 Å². The lowest BCUT2D eigenvalue weighted by atomic mass is 10.1.